The number of hydrogen-bond donors (Lipinski definition) is 1. The van der Waals surface area contributed by atoms with Crippen molar-refractivity contribution in [3.05, 3.63) is 28.2 Å². The molecule has 2 N–H and O–H groups in total. The second-order valence-corrected chi connectivity index (χ2v) is 6.89. The standard InChI is InChI=1S/C13H19BrN2S/c1-9-10(2)17-6-5-16(9)13-7-12(14)4-3-11(13)8-15/h3-4,7,9-10H,5-6,8,15H2,1-2H3. The van der Waals surface area contributed by atoms with Gasteiger partial charge in [-0.2, -0.15) is 11.8 Å². The first kappa shape index (κ1) is 13.2. The molecule has 0 bridgehead atoms. The highest BCUT2D eigenvalue weighted by atomic mass is 79.9. The molecule has 4 heteroatoms. The molecule has 17 heavy (non-hydrogen) atoms. The van der Waals surface area contributed by atoms with Gasteiger partial charge in [0.15, 0.2) is 0 Å². The van der Waals surface area contributed by atoms with Crippen LogP contribution in [0, 0.1) is 0 Å². The summed E-state index contributed by atoms with van der Waals surface area (Å²) in [5.41, 5.74) is 8.37. The summed E-state index contributed by atoms with van der Waals surface area (Å²) in [5, 5.41) is 0.674. The van der Waals surface area contributed by atoms with Crippen molar-refractivity contribution in [3.8, 4) is 0 Å². The van der Waals surface area contributed by atoms with Gasteiger partial charge in [0.2, 0.25) is 0 Å². The maximum absolute atomic E-state index is 5.84. The van der Waals surface area contributed by atoms with Crippen LogP contribution in [0.2, 0.25) is 0 Å². The maximum atomic E-state index is 5.84. The average Bonchev–Trinajstić information content (AvgIpc) is 2.33. The summed E-state index contributed by atoms with van der Waals surface area (Å²) in [6, 6.07) is 6.95. The fourth-order valence-electron chi connectivity index (χ4n) is 2.25. The molecule has 0 aliphatic carbocycles. The Balaban J connectivity index is 2.34. The molecule has 1 fully saturated rings. The van der Waals surface area contributed by atoms with Crippen LogP contribution in [0.4, 0.5) is 5.69 Å². The summed E-state index contributed by atoms with van der Waals surface area (Å²) in [6.07, 6.45) is 0. The lowest BCUT2D eigenvalue weighted by Crippen LogP contribution is -2.45. The van der Waals surface area contributed by atoms with Gasteiger partial charge in [0, 0.05) is 40.3 Å². The molecule has 1 aliphatic heterocycles. The molecular formula is C13H19BrN2S. The number of hydrogen-bond acceptors (Lipinski definition) is 3. The summed E-state index contributed by atoms with van der Waals surface area (Å²) >= 11 is 5.61. The van der Waals surface area contributed by atoms with Crippen molar-refractivity contribution >= 4 is 33.4 Å². The SMILES string of the molecule is CC1SCCN(c2cc(Br)ccc2CN)C1C. The third kappa shape index (κ3) is 2.80. The molecule has 2 rings (SSSR count). The van der Waals surface area contributed by atoms with Gasteiger partial charge in [-0.15, -0.1) is 0 Å². The van der Waals surface area contributed by atoms with E-state index in [4.69, 9.17) is 5.73 Å². The molecule has 1 aromatic rings. The van der Waals surface area contributed by atoms with Crippen LogP contribution in [0.15, 0.2) is 22.7 Å². The molecule has 1 aromatic carbocycles. The first-order valence-corrected chi connectivity index (χ1v) is 7.84. The monoisotopic (exact) mass is 314 g/mol. The molecule has 94 valence electrons. The second-order valence-electron chi connectivity index (χ2n) is 4.49. The Morgan fingerprint density at radius 3 is 2.94 bits per heavy atom. The van der Waals surface area contributed by atoms with Crippen LogP contribution >= 0.6 is 27.7 Å². The fraction of sp³-hybridized carbons (Fsp3) is 0.538. The second kappa shape index (κ2) is 5.63. The number of benzene rings is 1. The Labute approximate surface area is 116 Å². The first-order valence-electron chi connectivity index (χ1n) is 6.00. The van der Waals surface area contributed by atoms with Crippen LogP contribution in [0.1, 0.15) is 19.4 Å². The summed E-state index contributed by atoms with van der Waals surface area (Å²) in [6.45, 7) is 6.33. The van der Waals surface area contributed by atoms with Gasteiger partial charge in [-0.25, -0.2) is 0 Å². The van der Waals surface area contributed by atoms with Crippen molar-refractivity contribution in [2.75, 3.05) is 17.2 Å². The summed E-state index contributed by atoms with van der Waals surface area (Å²) in [4.78, 5) is 2.49. The number of nitrogens with two attached hydrogens (primary N) is 1. The third-order valence-electron chi connectivity index (χ3n) is 3.46. The zero-order valence-corrected chi connectivity index (χ0v) is 12.7. The quantitative estimate of drug-likeness (QED) is 0.908. The van der Waals surface area contributed by atoms with E-state index in [-0.39, 0.29) is 0 Å². The van der Waals surface area contributed by atoms with Crippen LogP contribution in [0.5, 0.6) is 0 Å². The van der Waals surface area contributed by atoms with Crippen LogP contribution in [-0.4, -0.2) is 23.6 Å². The van der Waals surface area contributed by atoms with E-state index in [0.717, 1.165) is 11.0 Å². The zero-order valence-electron chi connectivity index (χ0n) is 10.3. The number of nitrogens with zero attached hydrogens (tertiary/aromatic N) is 1. The normalized spacial score (nSPS) is 25.1. The lowest BCUT2D eigenvalue weighted by atomic mass is 10.1. The Hall–Kier alpha value is -0.190. The van der Waals surface area contributed by atoms with Gasteiger partial charge in [0.05, 0.1) is 0 Å². The summed E-state index contributed by atoms with van der Waals surface area (Å²) < 4.78 is 1.13. The van der Waals surface area contributed by atoms with Gasteiger partial charge in [-0.05, 0) is 24.6 Å². The van der Waals surface area contributed by atoms with Gasteiger partial charge in [-0.1, -0.05) is 28.9 Å². The van der Waals surface area contributed by atoms with E-state index in [1.165, 1.54) is 17.0 Å². The van der Waals surface area contributed by atoms with Gasteiger partial charge in [0.25, 0.3) is 0 Å². The third-order valence-corrected chi connectivity index (χ3v) is 5.29. The molecule has 0 radical (unpaired) electrons. The molecule has 2 nitrogen and oxygen atoms in total. The van der Waals surface area contributed by atoms with Crippen LogP contribution in [0.3, 0.4) is 0 Å². The van der Waals surface area contributed by atoms with Crippen molar-refractivity contribution in [2.24, 2.45) is 5.73 Å². The van der Waals surface area contributed by atoms with E-state index in [1.54, 1.807) is 0 Å². The van der Waals surface area contributed by atoms with Gasteiger partial charge >= 0.3 is 0 Å². The van der Waals surface area contributed by atoms with Crippen molar-refractivity contribution in [2.45, 2.75) is 31.7 Å². The number of anilines is 1. The maximum Gasteiger partial charge on any atom is 0.0426 e. The highest BCUT2D eigenvalue weighted by molar-refractivity contribution is 9.10. The lowest BCUT2D eigenvalue weighted by molar-refractivity contribution is 0.624. The van der Waals surface area contributed by atoms with E-state index in [0.29, 0.717) is 17.8 Å². The predicted octanol–water partition coefficient (Wildman–Crippen LogP) is 3.24. The van der Waals surface area contributed by atoms with Crippen LogP contribution in [-0.2, 0) is 6.54 Å². The van der Waals surface area contributed by atoms with E-state index in [1.807, 2.05) is 0 Å². The van der Waals surface area contributed by atoms with Crippen LogP contribution < -0.4 is 10.6 Å². The molecule has 1 heterocycles. The summed E-state index contributed by atoms with van der Waals surface area (Å²) in [5.74, 6) is 1.20. The molecular weight excluding hydrogens is 296 g/mol. The average molecular weight is 315 g/mol. The molecule has 2 atom stereocenters. The highest BCUT2D eigenvalue weighted by Gasteiger charge is 2.26. The van der Waals surface area contributed by atoms with Crippen molar-refractivity contribution in [1.29, 1.82) is 0 Å². The molecule has 2 unspecified atom stereocenters. The minimum Gasteiger partial charge on any atom is -0.367 e. The Kier molecular flexibility index (Phi) is 4.39. The smallest absolute Gasteiger partial charge is 0.0426 e. The number of rotatable bonds is 2. The number of halogens is 1. The predicted molar refractivity (Wildman–Crippen MR) is 80.8 cm³/mol. The molecule has 0 amide bonds. The van der Waals surface area contributed by atoms with E-state index < -0.39 is 0 Å². The zero-order chi connectivity index (χ0) is 12.4. The first-order chi connectivity index (χ1) is 8.13. The molecule has 1 aliphatic rings. The van der Waals surface area contributed by atoms with Gasteiger partial charge in [-0.3, -0.25) is 0 Å². The minimum atomic E-state index is 0.563. The molecule has 0 saturated carbocycles. The van der Waals surface area contributed by atoms with Crippen molar-refractivity contribution in [3.63, 3.8) is 0 Å². The fourth-order valence-corrected chi connectivity index (χ4v) is 3.70. The van der Waals surface area contributed by atoms with E-state index in [9.17, 15) is 0 Å². The van der Waals surface area contributed by atoms with Gasteiger partial charge < -0.3 is 10.6 Å². The van der Waals surface area contributed by atoms with Crippen molar-refractivity contribution in [1.82, 2.24) is 0 Å². The number of thioether (sulfide) groups is 1. The molecule has 1 saturated heterocycles. The topological polar surface area (TPSA) is 29.3 Å². The van der Waals surface area contributed by atoms with E-state index in [2.05, 4.69) is 64.6 Å². The summed E-state index contributed by atoms with van der Waals surface area (Å²) in [7, 11) is 0. The Morgan fingerprint density at radius 2 is 2.24 bits per heavy atom. The van der Waals surface area contributed by atoms with Gasteiger partial charge in [0.1, 0.15) is 0 Å². The Morgan fingerprint density at radius 1 is 1.47 bits per heavy atom. The lowest BCUT2D eigenvalue weighted by Gasteiger charge is -2.40. The van der Waals surface area contributed by atoms with Crippen LogP contribution in [0.25, 0.3) is 0 Å². The molecule has 0 aromatic heterocycles. The Bertz CT molecular complexity index is 397. The largest absolute Gasteiger partial charge is 0.367 e. The molecule has 0 spiro atoms. The highest BCUT2D eigenvalue weighted by Crippen LogP contribution is 2.32. The van der Waals surface area contributed by atoms with Crippen molar-refractivity contribution < 1.29 is 0 Å². The minimum absolute atomic E-state index is 0.563. The van der Waals surface area contributed by atoms with E-state index >= 15 is 0 Å².